The molecule has 0 aliphatic carbocycles. The van der Waals surface area contributed by atoms with Crippen LogP contribution in [0.1, 0.15) is 13.8 Å². The van der Waals surface area contributed by atoms with Crippen LogP contribution in [-0.4, -0.2) is 23.1 Å². The van der Waals surface area contributed by atoms with Crippen molar-refractivity contribution in [1.82, 2.24) is 0 Å². The molecule has 0 amide bonds. The Morgan fingerprint density at radius 1 is 1.00 bits per heavy atom. The highest BCUT2D eigenvalue weighted by atomic mass is 33.1. The van der Waals surface area contributed by atoms with Gasteiger partial charge < -0.3 is 0 Å². The van der Waals surface area contributed by atoms with E-state index in [4.69, 9.17) is 0 Å². The highest BCUT2D eigenvalue weighted by Crippen LogP contribution is 2.28. The smallest absolute Gasteiger partial charge is 0.213 e. The van der Waals surface area contributed by atoms with E-state index in [1.165, 1.54) is 21.6 Å². The van der Waals surface area contributed by atoms with E-state index in [9.17, 15) is 9.59 Å². The molecule has 2 radical (unpaired) electrons. The molecule has 0 saturated heterocycles. The summed E-state index contributed by atoms with van der Waals surface area (Å²) < 4.78 is 0. The Hall–Kier alpha value is 0.0400. The van der Waals surface area contributed by atoms with Crippen LogP contribution in [0.15, 0.2) is 0 Å². The highest BCUT2D eigenvalue weighted by molar-refractivity contribution is 8.77. The van der Waals surface area contributed by atoms with E-state index < -0.39 is 0 Å². The van der Waals surface area contributed by atoms with Crippen LogP contribution < -0.4 is 0 Å². The number of rotatable bonds is 5. The summed E-state index contributed by atoms with van der Waals surface area (Å²) in [7, 11) is 2.68. The van der Waals surface area contributed by atoms with Gasteiger partial charge in [-0.15, -0.1) is 0 Å². The molecule has 0 rings (SSSR count). The summed E-state index contributed by atoms with van der Waals surface area (Å²) in [5, 5.41) is -0.332. The first-order valence-electron chi connectivity index (χ1n) is 2.78. The second-order valence-electron chi connectivity index (χ2n) is 1.71. The van der Waals surface area contributed by atoms with Gasteiger partial charge in [0.2, 0.25) is 12.6 Å². The lowest BCUT2D eigenvalue weighted by atomic mass is 10.5. The van der Waals surface area contributed by atoms with E-state index in [-0.39, 0.29) is 10.5 Å². The van der Waals surface area contributed by atoms with E-state index in [1.54, 1.807) is 26.4 Å². The molecule has 56 valence electrons. The first-order chi connectivity index (χ1) is 4.70. The highest BCUT2D eigenvalue weighted by Gasteiger charge is 2.06. The molecular weight excluding hydrogens is 168 g/mol. The Kier molecular flexibility index (Phi) is 5.82. The first-order valence-corrected chi connectivity index (χ1v) is 5.05. The molecule has 2 unspecified atom stereocenters. The third-order valence-electron chi connectivity index (χ3n) is 0.676. The molecule has 0 bridgehead atoms. The summed E-state index contributed by atoms with van der Waals surface area (Å²) in [4.78, 5) is 19.9. The van der Waals surface area contributed by atoms with Crippen molar-refractivity contribution in [2.24, 2.45) is 0 Å². The molecule has 0 aromatic heterocycles. The maximum absolute atomic E-state index is 9.95. The molecule has 0 heterocycles. The Labute approximate surface area is 68.5 Å². The van der Waals surface area contributed by atoms with Gasteiger partial charge in [0.05, 0.1) is 10.5 Å². The minimum absolute atomic E-state index is 0.166. The van der Waals surface area contributed by atoms with Gasteiger partial charge in [-0.25, -0.2) is 0 Å². The van der Waals surface area contributed by atoms with Crippen LogP contribution >= 0.6 is 21.6 Å². The Balaban J connectivity index is 3.34. The van der Waals surface area contributed by atoms with Gasteiger partial charge in [0, 0.05) is 0 Å². The van der Waals surface area contributed by atoms with Crippen LogP contribution in [0.4, 0.5) is 0 Å². The zero-order valence-electron chi connectivity index (χ0n) is 5.79. The van der Waals surface area contributed by atoms with Gasteiger partial charge in [-0.1, -0.05) is 21.6 Å². The van der Waals surface area contributed by atoms with Gasteiger partial charge in [-0.3, -0.25) is 9.59 Å². The van der Waals surface area contributed by atoms with Crippen molar-refractivity contribution in [3.8, 4) is 0 Å². The summed E-state index contributed by atoms with van der Waals surface area (Å²) in [5.41, 5.74) is 0. The minimum atomic E-state index is -0.166. The normalized spacial score (nSPS) is 15.8. The second kappa shape index (κ2) is 5.80. The molecular formula is C6H8O2S2. The van der Waals surface area contributed by atoms with Crippen LogP contribution in [0, 0.1) is 0 Å². The fourth-order valence-corrected chi connectivity index (χ4v) is 1.85. The van der Waals surface area contributed by atoms with E-state index in [0.717, 1.165) is 0 Å². The summed E-state index contributed by atoms with van der Waals surface area (Å²) in [6.07, 6.45) is 3.61. The van der Waals surface area contributed by atoms with Crippen molar-refractivity contribution < 1.29 is 9.59 Å². The molecule has 0 spiro atoms. The fraction of sp³-hybridized carbons (Fsp3) is 0.667. The molecule has 0 N–H and O–H groups in total. The van der Waals surface area contributed by atoms with Gasteiger partial charge in [0.25, 0.3) is 0 Å². The summed E-state index contributed by atoms with van der Waals surface area (Å²) in [6.45, 7) is 3.48. The maximum Gasteiger partial charge on any atom is 0.213 e. The summed E-state index contributed by atoms with van der Waals surface area (Å²) >= 11 is 0. The molecule has 0 fully saturated rings. The largest absolute Gasteiger partial charge is 0.290 e. The molecule has 0 aromatic rings. The molecule has 0 aliphatic heterocycles. The fourth-order valence-electron chi connectivity index (χ4n) is 0.206. The monoisotopic (exact) mass is 176 g/mol. The lowest BCUT2D eigenvalue weighted by molar-refractivity contribution is 0.554. The standard InChI is InChI=1S/C6H8O2S2/c1-5(3-7)9-10-6(2)4-8/h5-6H,1-2H3. The van der Waals surface area contributed by atoms with Crippen molar-refractivity contribution >= 4 is 34.2 Å². The lowest BCUT2D eigenvalue weighted by Gasteiger charge is -2.01. The van der Waals surface area contributed by atoms with Crippen molar-refractivity contribution in [3.63, 3.8) is 0 Å². The molecule has 2 nitrogen and oxygen atoms in total. The molecule has 0 aromatic carbocycles. The average Bonchev–Trinajstić information content (AvgIpc) is 1.99. The molecule has 0 saturated carbocycles. The zero-order valence-corrected chi connectivity index (χ0v) is 7.42. The lowest BCUT2D eigenvalue weighted by Crippen LogP contribution is -1.98. The Morgan fingerprint density at radius 2 is 1.30 bits per heavy atom. The van der Waals surface area contributed by atoms with Gasteiger partial charge in [-0.2, -0.15) is 0 Å². The van der Waals surface area contributed by atoms with Crippen LogP contribution in [-0.2, 0) is 9.59 Å². The Morgan fingerprint density at radius 3 is 1.50 bits per heavy atom. The van der Waals surface area contributed by atoms with E-state index in [2.05, 4.69) is 0 Å². The van der Waals surface area contributed by atoms with Crippen LogP contribution in [0.2, 0.25) is 0 Å². The van der Waals surface area contributed by atoms with E-state index in [0.29, 0.717) is 0 Å². The van der Waals surface area contributed by atoms with Crippen molar-refractivity contribution in [1.29, 1.82) is 0 Å². The maximum atomic E-state index is 9.95. The quantitative estimate of drug-likeness (QED) is 0.592. The van der Waals surface area contributed by atoms with Crippen molar-refractivity contribution in [2.75, 3.05) is 0 Å². The minimum Gasteiger partial charge on any atom is -0.290 e. The topological polar surface area (TPSA) is 34.1 Å². The van der Waals surface area contributed by atoms with Gasteiger partial charge in [0.1, 0.15) is 0 Å². The predicted octanol–water partition coefficient (Wildman–Crippen LogP) is 1.36. The van der Waals surface area contributed by atoms with E-state index in [1.807, 2.05) is 0 Å². The first kappa shape index (κ1) is 10.0. The van der Waals surface area contributed by atoms with Crippen LogP contribution in [0.25, 0.3) is 0 Å². The molecule has 2 atom stereocenters. The van der Waals surface area contributed by atoms with E-state index >= 15 is 0 Å². The van der Waals surface area contributed by atoms with Gasteiger partial charge >= 0.3 is 0 Å². The second-order valence-corrected chi connectivity index (χ2v) is 4.67. The molecule has 10 heavy (non-hydrogen) atoms. The molecule has 4 heteroatoms. The van der Waals surface area contributed by atoms with Crippen molar-refractivity contribution in [3.05, 3.63) is 0 Å². The zero-order chi connectivity index (χ0) is 7.98. The number of carbonyl (C=O) groups excluding carboxylic acids is 2. The van der Waals surface area contributed by atoms with Crippen LogP contribution in [0.3, 0.4) is 0 Å². The average molecular weight is 176 g/mol. The predicted molar refractivity (Wildman–Crippen MR) is 45.5 cm³/mol. The number of hydrogen-bond acceptors (Lipinski definition) is 4. The van der Waals surface area contributed by atoms with Gasteiger partial charge in [0.15, 0.2) is 0 Å². The summed E-state index contributed by atoms with van der Waals surface area (Å²) in [6, 6.07) is 0. The third-order valence-corrected chi connectivity index (χ3v) is 3.62. The Bertz CT molecular complexity index is 102. The molecule has 0 aliphatic rings. The number of hydrogen-bond donors (Lipinski definition) is 0. The van der Waals surface area contributed by atoms with Crippen LogP contribution in [0.5, 0.6) is 0 Å². The SMILES string of the molecule is CC([C]=O)SSC(C)[C]=O. The third kappa shape index (κ3) is 4.88. The van der Waals surface area contributed by atoms with Crippen molar-refractivity contribution in [2.45, 2.75) is 24.3 Å². The van der Waals surface area contributed by atoms with Gasteiger partial charge in [-0.05, 0) is 13.8 Å². The summed E-state index contributed by atoms with van der Waals surface area (Å²) in [5.74, 6) is 0.